The molecule has 5 atom stereocenters. The SMILES string of the molecule is C=CC1=C(C)C2=NC1=CC1=NC(=C(CC)/C1=C/O)C=C1N=C3C(=C1C)C(=O)C(C(=O)OC)C3=C1NC(=C2)[C@@H](C)[C@@H]1CCC(=O)OC/C=C(\C)CCCC(C)CCCC(C)CCCC(C)C. The van der Waals surface area contributed by atoms with Crippen molar-refractivity contribution in [2.75, 3.05) is 13.7 Å². The molecule has 1 aliphatic carbocycles. The Hall–Kier alpha value is -5.38. The molecule has 0 aromatic rings. The van der Waals surface area contributed by atoms with Gasteiger partial charge in [0, 0.05) is 51.9 Å². The first-order valence-electron chi connectivity index (χ1n) is 24.1. The zero-order chi connectivity index (χ0) is 47.1. The number of Topliss-reactive ketones (excluding diaryl/α,β-unsaturated/α-hetero) is 1. The van der Waals surface area contributed by atoms with Crippen molar-refractivity contribution >= 4 is 34.9 Å². The molecule has 2 N–H and O–H groups in total. The first-order valence-corrected chi connectivity index (χ1v) is 24.1. The number of methoxy groups -OCH3 is 1. The van der Waals surface area contributed by atoms with Crippen molar-refractivity contribution in [2.45, 2.75) is 139 Å². The van der Waals surface area contributed by atoms with Crippen LogP contribution < -0.4 is 5.32 Å². The zero-order valence-corrected chi connectivity index (χ0v) is 40.7. The van der Waals surface area contributed by atoms with Crippen molar-refractivity contribution in [3.05, 3.63) is 116 Å². The molecular weight excluding hydrogens is 813 g/mol. The molecule has 1 saturated heterocycles. The number of carbonyl (C=O) groups excluding carboxylic acids is 3. The Morgan fingerprint density at radius 2 is 1.60 bits per heavy atom. The van der Waals surface area contributed by atoms with E-state index in [0.717, 1.165) is 53.4 Å². The highest BCUT2D eigenvalue weighted by atomic mass is 16.5. The second-order valence-electron chi connectivity index (χ2n) is 19.4. The molecule has 0 radical (unpaired) electrons. The number of carbonyl (C=O) groups is 3. The molecule has 2 fully saturated rings. The number of nitrogens with zero attached hydrogens (tertiary/aromatic N) is 3. The summed E-state index contributed by atoms with van der Waals surface area (Å²) in [4.78, 5) is 56.5. The molecule has 6 rings (SSSR count). The van der Waals surface area contributed by atoms with Gasteiger partial charge in [-0.3, -0.25) is 14.4 Å². The fraction of sp³-hybridized carbons (Fsp3) is 0.527. The van der Waals surface area contributed by atoms with Gasteiger partial charge in [0.1, 0.15) is 12.5 Å². The molecule has 65 heavy (non-hydrogen) atoms. The number of aliphatic hydroxyl groups is 1. The third-order valence-electron chi connectivity index (χ3n) is 14.2. The number of rotatable bonds is 20. The Kier molecular flexibility index (Phi) is 16.4. The molecule has 6 aliphatic rings. The van der Waals surface area contributed by atoms with Crippen LogP contribution in [0.3, 0.4) is 0 Å². The minimum Gasteiger partial charge on any atom is -0.515 e. The topological polar surface area (TPSA) is 139 Å². The highest BCUT2D eigenvalue weighted by molar-refractivity contribution is 6.42. The predicted molar refractivity (Wildman–Crippen MR) is 262 cm³/mol. The maximum atomic E-state index is 14.4. The second kappa shape index (κ2) is 21.7. The van der Waals surface area contributed by atoms with Crippen LogP contribution in [0.4, 0.5) is 0 Å². The van der Waals surface area contributed by atoms with Crippen LogP contribution in [-0.2, 0) is 23.9 Å². The summed E-state index contributed by atoms with van der Waals surface area (Å²) in [6, 6.07) is 0. The van der Waals surface area contributed by atoms with Gasteiger partial charge in [0.15, 0.2) is 5.78 Å². The van der Waals surface area contributed by atoms with Crippen molar-refractivity contribution in [3.8, 4) is 0 Å². The van der Waals surface area contributed by atoms with Crippen molar-refractivity contribution < 1.29 is 29.0 Å². The summed E-state index contributed by atoms with van der Waals surface area (Å²) >= 11 is 0. The van der Waals surface area contributed by atoms with Crippen molar-refractivity contribution in [1.29, 1.82) is 0 Å². The maximum absolute atomic E-state index is 14.4. The van der Waals surface area contributed by atoms with Crippen LogP contribution in [0.15, 0.2) is 131 Å². The van der Waals surface area contributed by atoms with Gasteiger partial charge >= 0.3 is 11.9 Å². The largest absolute Gasteiger partial charge is 0.515 e. The first kappa shape index (κ1) is 49.1. The summed E-state index contributed by atoms with van der Waals surface area (Å²) in [5.74, 6) is -0.732. The number of nitrogens with one attached hydrogen (secondary N) is 1. The summed E-state index contributed by atoms with van der Waals surface area (Å²) in [5.41, 5.74) is 10.9. The lowest BCUT2D eigenvalue weighted by Crippen LogP contribution is -2.26. The molecular formula is C55H72N4O6. The van der Waals surface area contributed by atoms with Gasteiger partial charge in [-0.1, -0.05) is 105 Å². The Morgan fingerprint density at radius 1 is 0.908 bits per heavy atom. The van der Waals surface area contributed by atoms with Crippen LogP contribution in [0.2, 0.25) is 0 Å². The first-order chi connectivity index (χ1) is 31.1. The summed E-state index contributed by atoms with van der Waals surface area (Å²) in [6.45, 7) is 23.7. The third kappa shape index (κ3) is 10.8. The number of ketones is 1. The van der Waals surface area contributed by atoms with E-state index in [1.165, 1.54) is 57.6 Å². The standard InChI is InChI=1S/C55H72N4O6/c1-12-38-35(8)42-27-43-36(9)40(23-24-48(61)65-26-25-34(7)22-16-21-33(6)20-15-19-32(5)18-14-17-31(3)4)52(58-43)50-51(55(63)64-11)54(62)49-37(10)44(59-53(49)50)28-46-39(13-2)41(30-60)47(57-46)29-45(38)56-42/h12,25,27-33,36,40,51,58,60H,1,13-24,26H2,2-11H3/b34-25+,41-30-,43-27?,44-28?,45-29?,52-50?/t32?,33?,36-,40-,51?/m0/s1. The highest BCUT2D eigenvalue weighted by Gasteiger charge is 2.52. The van der Waals surface area contributed by atoms with E-state index < -0.39 is 11.9 Å². The van der Waals surface area contributed by atoms with Gasteiger partial charge in [-0.05, 0) is 105 Å². The average molecular weight is 885 g/mol. The molecule has 10 nitrogen and oxygen atoms in total. The van der Waals surface area contributed by atoms with E-state index in [0.29, 0.717) is 81.0 Å². The van der Waals surface area contributed by atoms with E-state index in [-0.39, 0.29) is 36.6 Å². The van der Waals surface area contributed by atoms with Gasteiger partial charge in [-0.15, -0.1) is 0 Å². The molecule has 0 aromatic carbocycles. The van der Waals surface area contributed by atoms with Gasteiger partial charge < -0.3 is 19.9 Å². The van der Waals surface area contributed by atoms with E-state index in [1.54, 1.807) is 6.08 Å². The minimum absolute atomic E-state index is 0.139. The van der Waals surface area contributed by atoms with Gasteiger partial charge in [0.2, 0.25) is 0 Å². The number of esters is 2. The number of allylic oxidation sites excluding steroid dienone is 12. The lowest BCUT2D eigenvalue weighted by Gasteiger charge is -2.19. The van der Waals surface area contributed by atoms with E-state index in [2.05, 4.69) is 53.4 Å². The molecule has 1 saturated carbocycles. The monoisotopic (exact) mass is 885 g/mol. The molecule has 0 aromatic heterocycles. The number of aliphatic imine (C=N–C) groups is 3. The van der Waals surface area contributed by atoms with Crippen molar-refractivity contribution in [1.82, 2.24) is 5.32 Å². The van der Waals surface area contributed by atoms with Crippen LogP contribution in [0.25, 0.3) is 0 Å². The fourth-order valence-corrected chi connectivity index (χ4v) is 10.1. The Labute approximate surface area is 387 Å². The van der Waals surface area contributed by atoms with E-state index in [1.807, 2.05) is 45.1 Å². The average Bonchev–Trinajstić information content (AvgIpc) is 4.02. The minimum atomic E-state index is -1.23. The van der Waals surface area contributed by atoms with Crippen molar-refractivity contribution in [2.24, 2.45) is 50.5 Å². The summed E-state index contributed by atoms with van der Waals surface area (Å²) < 4.78 is 11.0. The summed E-state index contributed by atoms with van der Waals surface area (Å²) in [6.07, 6.45) is 22.9. The smallest absolute Gasteiger partial charge is 0.321 e. The predicted octanol–water partition coefficient (Wildman–Crippen LogP) is 12.1. The molecule has 10 heteroatoms. The number of ether oxygens (including phenoxy) is 2. The van der Waals surface area contributed by atoms with Crippen LogP contribution in [0.1, 0.15) is 139 Å². The Bertz CT molecular complexity index is 2350. The van der Waals surface area contributed by atoms with Gasteiger partial charge in [-0.2, -0.15) is 0 Å². The normalized spacial score (nSPS) is 23.2. The van der Waals surface area contributed by atoms with Crippen LogP contribution in [-0.4, -0.2) is 53.7 Å². The quantitative estimate of drug-likeness (QED) is 0.0537. The van der Waals surface area contributed by atoms with Crippen LogP contribution in [0.5, 0.6) is 0 Å². The lowest BCUT2D eigenvalue weighted by molar-refractivity contribution is -0.146. The molecule has 0 amide bonds. The van der Waals surface area contributed by atoms with Gasteiger partial charge in [0.05, 0.1) is 47.6 Å². The highest BCUT2D eigenvalue weighted by Crippen LogP contribution is 2.47. The Balaban J connectivity index is 1.21. The van der Waals surface area contributed by atoms with Crippen LogP contribution in [0, 0.1) is 35.5 Å². The van der Waals surface area contributed by atoms with E-state index in [4.69, 9.17) is 24.5 Å². The van der Waals surface area contributed by atoms with Crippen LogP contribution >= 0.6 is 0 Å². The number of hydrogen-bond donors (Lipinski definition) is 2. The number of fused-ring (bicyclic) bond motifs is 5. The van der Waals surface area contributed by atoms with Gasteiger partial charge in [0.25, 0.3) is 0 Å². The summed E-state index contributed by atoms with van der Waals surface area (Å²) in [5, 5.41) is 14.1. The third-order valence-corrected chi connectivity index (χ3v) is 14.2. The van der Waals surface area contributed by atoms with E-state index >= 15 is 0 Å². The fourth-order valence-electron chi connectivity index (χ4n) is 10.1. The molecule has 8 bridgehead atoms. The number of aliphatic hydroxyl groups excluding tert-OH is 1. The van der Waals surface area contributed by atoms with Gasteiger partial charge in [-0.25, -0.2) is 15.0 Å². The number of hydrogen-bond acceptors (Lipinski definition) is 10. The van der Waals surface area contributed by atoms with E-state index in [9.17, 15) is 19.5 Å². The molecule has 0 spiro atoms. The Morgan fingerprint density at radius 3 is 2.25 bits per heavy atom. The zero-order valence-electron chi connectivity index (χ0n) is 40.7. The second-order valence-corrected chi connectivity index (χ2v) is 19.4. The summed E-state index contributed by atoms with van der Waals surface area (Å²) in [7, 11) is 1.29. The van der Waals surface area contributed by atoms with Crippen molar-refractivity contribution in [3.63, 3.8) is 0 Å². The lowest BCUT2D eigenvalue weighted by atomic mass is 9.85. The molecule has 3 unspecified atom stereocenters. The molecule has 348 valence electrons. The molecule has 5 aliphatic heterocycles. The molecule has 5 heterocycles. The maximum Gasteiger partial charge on any atom is 0.321 e.